The van der Waals surface area contributed by atoms with Gasteiger partial charge in [-0.15, -0.1) is 0 Å². The van der Waals surface area contributed by atoms with E-state index < -0.39 is 0 Å². The third-order valence-corrected chi connectivity index (χ3v) is 2.90. The van der Waals surface area contributed by atoms with Crippen molar-refractivity contribution in [3.8, 4) is 0 Å². The van der Waals surface area contributed by atoms with E-state index in [1.807, 2.05) is 37.2 Å². The monoisotopic (exact) mass is 259 g/mol. The summed E-state index contributed by atoms with van der Waals surface area (Å²) in [6.45, 7) is 2.05. The lowest BCUT2D eigenvalue weighted by atomic mass is 10.1. The van der Waals surface area contributed by atoms with E-state index in [2.05, 4.69) is 12.2 Å². The van der Waals surface area contributed by atoms with E-state index in [1.54, 1.807) is 6.07 Å². The molecule has 3 N–H and O–H groups in total. The molecule has 0 fully saturated rings. The molecular formula is C15H18FN3. The van der Waals surface area contributed by atoms with E-state index in [0.29, 0.717) is 11.4 Å². The topological polar surface area (TPSA) is 41.3 Å². The molecule has 0 aliphatic heterocycles. The zero-order valence-corrected chi connectivity index (χ0v) is 11.4. The number of nitrogen functional groups attached to an aromatic ring is 1. The molecule has 19 heavy (non-hydrogen) atoms. The molecule has 0 atom stereocenters. The van der Waals surface area contributed by atoms with Gasteiger partial charge in [0.2, 0.25) is 0 Å². The molecule has 2 aromatic carbocycles. The van der Waals surface area contributed by atoms with E-state index in [9.17, 15) is 4.39 Å². The van der Waals surface area contributed by atoms with Crippen molar-refractivity contribution in [1.82, 2.24) is 0 Å². The second kappa shape index (κ2) is 5.18. The van der Waals surface area contributed by atoms with Crippen molar-refractivity contribution in [2.45, 2.75) is 6.92 Å². The van der Waals surface area contributed by atoms with Crippen molar-refractivity contribution in [3.05, 3.63) is 47.8 Å². The summed E-state index contributed by atoms with van der Waals surface area (Å²) < 4.78 is 13.3. The average molecular weight is 259 g/mol. The number of benzene rings is 2. The summed E-state index contributed by atoms with van der Waals surface area (Å²) in [5.41, 5.74) is 9.89. The van der Waals surface area contributed by atoms with Gasteiger partial charge in [-0.05, 0) is 42.8 Å². The van der Waals surface area contributed by atoms with Crippen LogP contribution in [0.3, 0.4) is 0 Å². The van der Waals surface area contributed by atoms with Crippen LogP contribution in [0.2, 0.25) is 0 Å². The van der Waals surface area contributed by atoms with Crippen LogP contribution in [0.4, 0.5) is 27.1 Å². The van der Waals surface area contributed by atoms with Gasteiger partial charge in [0, 0.05) is 36.8 Å². The fourth-order valence-electron chi connectivity index (χ4n) is 2.02. The highest BCUT2D eigenvalue weighted by atomic mass is 19.1. The number of halogens is 1. The fourth-order valence-corrected chi connectivity index (χ4v) is 2.02. The molecule has 2 rings (SSSR count). The van der Waals surface area contributed by atoms with Crippen LogP contribution in [0.1, 0.15) is 5.56 Å². The Morgan fingerprint density at radius 2 is 1.79 bits per heavy atom. The molecule has 0 aromatic heterocycles. The van der Waals surface area contributed by atoms with Gasteiger partial charge in [-0.1, -0.05) is 6.07 Å². The first-order valence-electron chi connectivity index (χ1n) is 6.07. The number of nitrogens with one attached hydrogen (secondary N) is 1. The zero-order valence-electron chi connectivity index (χ0n) is 11.4. The summed E-state index contributed by atoms with van der Waals surface area (Å²) in [6, 6.07) is 10.4. The molecule has 0 aliphatic rings. The molecule has 0 amide bonds. The third kappa shape index (κ3) is 3.16. The van der Waals surface area contributed by atoms with Crippen LogP contribution in [0.15, 0.2) is 36.4 Å². The number of aryl methyl sites for hydroxylation is 1. The van der Waals surface area contributed by atoms with Gasteiger partial charge >= 0.3 is 0 Å². The Labute approximate surface area is 112 Å². The van der Waals surface area contributed by atoms with Gasteiger partial charge in [0.15, 0.2) is 0 Å². The summed E-state index contributed by atoms with van der Waals surface area (Å²) in [4.78, 5) is 2.04. The van der Waals surface area contributed by atoms with E-state index in [0.717, 1.165) is 11.4 Å². The van der Waals surface area contributed by atoms with Gasteiger partial charge in [-0.2, -0.15) is 0 Å². The van der Waals surface area contributed by atoms with Crippen LogP contribution in [-0.4, -0.2) is 14.1 Å². The molecular weight excluding hydrogens is 241 g/mol. The highest BCUT2D eigenvalue weighted by molar-refractivity contribution is 5.69. The van der Waals surface area contributed by atoms with Crippen LogP contribution in [0, 0.1) is 12.7 Å². The van der Waals surface area contributed by atoms with Crippen LogP contribution < -0.4 is 16.0 Å². The van der Waals surface area contributed by atoms with Gasteiger partial charge in [-0.3, -0.25) is 0 Å². The van der Waals surface area contributed by atoms with E-state index >= 15 is 0 Å². The summed E-state index contributed by atoms with van der Waals surface area (Å²) in [5, 5.41) is 3.16. The Kier molecular flexibility index (Phi) is 3.60. The molecule has 2 aromatic rings. The van der Waals surface area contributed by atoms with Gasteiger partial charge < -0.3 is 16.0 Å². The van der Waals surface area contributed by atoms with E-state index in [-0.39, 0.29) is 5.82 Å². The number of nitrogens with two attached hydrogens (primary N) is 1. The summed E-state index contributed by atoms with van der Waals surface area (Å²) >= 11 is 0. The predicted octanol–water partition coefficient (Wildman–Crippen LogP) is 3.53. The summed E-state index contributed by atoms with van der Waals surface area (Å²) in [5.74, 6) is -0.345. The van der Waals surface area contributed by atoms with Crippen LogP contribution in [-0.2, 0) is 0 Å². The van der Waals surface area contributed by atoms with Gasteiger partial charge in [0.25, 0.3) is 0 Å². The molecule has 4 heteroatoms. The van der Waals surface area contributed by atoms with Crippen molar-refractivity contribution in [2.75, 3.05) is 30.0 Å². The van der Waals surface area contributed by atoms with Crippen LogP contribution >= 0.6 is 0 Å². The summed E-state index contributed by atoms with van der Waals surface area (Å²) in [6.07, 6.45) is 0. The van der Waals surface area contributed by atoms with Gasteiger partial charge in [0.05, 0.1) is 0 Å². The lowest BCUT2D eigenvalue weighted by molar-refractivity contribution is 0.629. The smallest absolute Gasteiger partial charge is 0.127 e. The molecule has 0 heterocycles. The molecule has 0 aliphatic carbocycles. The van der Waals surface area contributed by atoms with Crippen LogP contribution in [0.25, 0.3) is 0 Å². The first-order valence-corrected chi connectivity index (χ1v) is 6.07. The van der Waals surface area contributed by atoms with Crippen molar-refractivity contribution in [1.29, 1.82) is 0 Å². The first-order chi connectivity index (χ1) is 8.95. The Bertz CT molecular complexity index is 574. The lowest BCUT2D eigenvalue weighted by Crippen LogP contribution is -2.10. The highest BCUT2D eigenvalue weighted by Gasteiger charge is 2.04. The molecule has 0 bridgehead atoms. The number of hydrogen-bond donors (Lipinski definition) is 2. The number of nitrogens with zero attached hydrogens (tertiary/aromatic N) is 1. The molecule has 100 valence electrons. The van der Waals surface area contributed by atoms with E-state index in [4.69, 9.17) is 5.73 Å². The Balaban J connectivity index is 2.30. The normalized spacial score (nSPS) is 10.3. The van der Waals surface area contributed by atoms with Gasteiger partial charge in [-0.25, -0.2) is 4.39 Å². The molecule has 0 unspecified atom stereocenters. The molecule has 0 saturated heterocycles. The minimum atomic E-state index is -0.345. The minimum absolute atomic E-state index is 0.345. The molecule has 0 spiro atoms. The van der Waals surface area contributed by atoms with Crippen molar-refractivity contribution in [3.63, 3.8) is 0 Å². The minimum Gasteiger partial charge on any atom is -0.399 e. The maximum atomic E-state index is 13.3. The Hall–Kier alpha value is -2.23. The molecule has 0 saturated carbocycles. The average Bonchev–Trinajstić information content (AvgIpc) is 2.30. The van der Waals surface area contributed by atoms with Crippen molar-refractivity contribution < 1.29 is 4.39 Å². The predicted molar refractivity (Wildman–Crippen MR) is 79.6 cm³/mol. The van der Waals surface area contributed by atoms with Gasteiger partial charge in [0.1, 0.15) is 5.82 Å². The Morgan fingerprint density at radius 1 is 1.05 bits per heavy atom. The Morgan fingerprint density at radius 3 is 2.42 bits per heavy atom. The SMILES string of the molecule is Cc1ccc(Nc2cc(N)cc(F)c2)cc1N(C)C. The maximum Gasteiger partial charge on any atom is 0.127 e. The number of anilines is 4. The largest absolute Gasteiger partial charge is 0.399 e. The van der Waals surface area contributed by atoms with Crippen molar-refractivity contribution in [2.24, 2.45) is 0 Å². The fraction of sp³-hybridized carbons (Fsp3) is 0.200. The quantitative estimate of drug-likeness (QED) is 0.829. The highest BCUT2D eigenvalue weighted by Crippen LogP contribution is 2.26. The zero-order chi connectivity index (χ0) is 14.0. The van der Waals surface area contributed by atoms with Crippen molar-refractivity contribution >= 4 is 22.7 Å². The second-order valence-electron chi connectivity index (χ2n) is 4.79. The number of hydrogen-bond acceptors (Lipinski definition) is 3. The van der Waals surface area contributed by atoms with Crippen LogP contribution in [0.5, 0.6) is 0 Å². The summed E-state index contributed by atoms with van der Waals surface area (Å²) in [7, 11) is 3.98. The van der Waals surface area contributed by atoms with E-state index in [1.165, 1.54) is 17.7 Å². The lowest BCUT2D eigenvalue weighted by Gasteiger charge is -2.17. The number of rotatable bonds is 3. The maximum absolute atomic E-state index is 13.3. The first kappa shape index (κ1) is 13.2. The standard InChI is InChI=1S/C15H18FN3/c1-10-4-5-13(9-15(10)19(2)3)18-14-7-11(16)6-12(17)8-14/h4-9,18H,17H2,1-3H3. The molecule has 3 nitrogen and oxygen atoms in total. The third-order valence-electron chi connectivity index (χ3n) is 2.90. The second-order valence-corrected chi connectivity index (χ2v) is 4.79. The molecule has 0 radical (unpaired) electrons.